The van der Waals surface area contributed by atoms with Gasteiger partial charge < -0.3 is 9.52 Å². The molecule has 0 atom stereocenters. The van der Waals surface area contributed by atoms with Crippen LogP contribution >= 0.6 is 34.4 Å². The number of carboxylic acids is 1. The predicted octanol–water partition coefficient (Wildman–Crippen LogP) is 2.52. The lowest BCUT2D eigenvalue weighted by atomic mass is 10.2. The van der Waals surface area contributed by atoms with E-state index in [0.717, 1.165) is 20.9 Å². The number of carbonyl (C=O) groups is 1. The summed E-state index contributed by atoms with van der Waals surface area (Å²) in [5.41, 5.74) is 0.826. The zero-order valence-corrected chi connectivity index (χ0v) is 11.4. The minimum Gasteiger partial charge on any atom is -0.481 e. The van der Waals surface area contributed by atoms with Gasteiger partial charge in [-0.05, 0) is 40.8 Å². The first-order valence-electron chi connectivity index (χ1n) is 4.59. The third-order valence-corrected chi connectivity index (χ3v) is 3.27. The monoisotopic (exact) mass is 362 g/mol. The van der Waals surface area contributed by atoms with E-state index in [2.05, 4.69) is 32.8 Å². The summed E-state index contributed by atoms with van der Waals surface area (Å²) in [6, 6.07) is 7.63. The van der Waals surface area contributed by atoms with E-state index < -0.39 is 5.97 Å². The maximum Gasteiger partial charge on any atom is 0.314 e. The van der Waals surface area contributed by atoms with Gasteiger partial charge in [0.2, 0.25) is 5.89 Å². The van der Waals surface area contributed by atoms with E-state index in [4.69, 9.17) is 9.52 Å². The number of hydrogen-bond donors (Lipinski definition) is 1. The van der Waals surface area contributed by atoms with E-state index in [0.29, 0.717) is 5.89 Å². The molecule has 0 bridgehead atoms. The lowest BCUT2D eigenvalue weighted by Crippen LogP contribution is -1.97. The quantitative estimate of drug-likeness (QED) is 0.666. The highest BCUT2D eigenvalue weighted by molar-refractivity contribution is 14.1. The van der Waals surface area contributed by atoms with Gasteiger partial charge in [0.25, 0.3) is 5.22 Å². The Morgan fingerprint density at radius 2 is 2.29 bits per heavy atom. The molecule has 0 saturated carbocycles. The molecule has 1 heterocycles. The molecule has 0 aliphatic rings. The Balaban J connectivity index is 2.15. The van der Waals surface area contributed by atoms with Crippen molar-refractivity contribution in [2.75, 3.05) is 5.75 Å². The molecule has 5 nitrogen and oxygen atoms in total. The molecule has 0 unspecified atom stereocenters. The number of thioether (sulfide) groups is 1. The van der Waals surface area contributed by atoms with Gasteiger partial charge in [0.15, 0.2) is 0 Å². The summed E-state index contributed by atoms with van der Waals surface area (Å²) in [6.45, 7) is 0. The summed E-state index contributed by atoms with van der Waals surface area (Å²) in [5.74, 6) is -0.603. The fourth-order valence-electron chi connectivity index (χ4n) is 1.13. The molecule has 7 heteroatoms. The van der Waals surface area contributed by atoms with Gasteiger partial charge in [-0.1, -0.05) is 17.8 Å². The Morgan fingerprint density at radius 1 is 1.47 bits per heavy atom. The first kappa shape index (κ1) is 12.4. The number of aromatic nitrogens is 2. The number of carboxylic acid groups (broad SMARTS) is 1. The lowest BCUT2D eigenvalue weighted by Gasteiger charge is -1.94. The number of aliphatic carboxylic acids is 1. The van der Waals surface area contributed by atoms with Crippen LogP contribution in [0.15, 0.2) is 33.9 Å². The maximum atomic E-state index is 10.4. The molecule has 0 amide bonds. The Morgan fingerprint density at radius 3 is 3.00 bits per heavy atom. The van der Waals surface area contributed by atoms with Crippen LogP contribution in [-0.4, -0.2) is 27.0 Å². The third-order valence-electron chi connectivity index (χ3n) is 1.80. The van der Waals surface area contributed by atoms with Gasteiger partial charge in [0.05, 0.1) is 0 Å². The van der Waals surface area contributed by atoms with E-state index in [-0.39, 0.29) is 11.0 Å². The van der Waals surface area contributed by atoms with Gasteiger partial charge in [-0.3, -0.25) is 4.79 Å². The highest BCUT2D eigenvalue weighted by atomic mass is 127. The standard InChI is InChI=1S/C10H7IN2O3S/c11-7-3-1-2-6(4-7)9-12-13-10(16-9)17-5-8(14)15/h1-4H,5H2,(H,14,15). The fraction of sp³-hybridized carbons (Fsp3) is 0.100. The van der Waals surface area contributed by atoms with Gasteiger partial charge >= 0.3 is 5.97 Å². The highest BCUT2D eigenvalue weighted by Crippen LogP contribution is 2.23. The summed E-state index contributed by atoms with van der Waals surface area (Å²) >= 11 is 3.20. The first-order chi connectivity index (χ1) is 8.15. The lowest BCUT2D eigenvalue weighted by molar-refractivity contribution is -0.133. The topological polar surface area (TPSA) is 76.2 Å². The average Bonchev–Trinajstić information content (AvgIpc) is 2.75. The normalized spacial score (nSPS) is 10.4. The van der Waals surface area contributed by atoms with Crippen molar-refractivity contribution in [3.63, 3.8) is 0 Å². The van der Waals surface area contributed by atoms with E-state index >= 15 is 0 Å². The number of halogens is 1. The minimum absolute atomic E-state index is 0.0893. The molecule has 2 rings (SSSR count). The molecule has 1 aromatic heterocycles. The second-order valence-corrected chi connectivity index (χ2v) is 5.24. The smallest absolute Gasteiger partial charge is 0.314 e. The second kappa shape index (κ2) is 5.50. The molecule has 88 valence electrons. The van der Waals surface area contributed by atoms with Crippen molar-refractivity contribution in [3.05, 3.63) is 27.8 Å². The maximum absolute atomic E-state index is 10.4. The molecule has 0 spiro atoms. The molecule has 0 fully saturated rings. The molecule has 0 aliphatic carbocycles. The first-order valence-corrected chi connectivity index (χ1v) is 6.65. The number of hydrogen-bond acceptors (Lipinski definition) is 5. The Labute approximate surface area is 115 Å². The largest absolute Gasteiger partial charge is 0.481 e. The van der Waals surface area contributed by atoms with Crippen LogP contribution < -0.4 is 0 Å². The highest BCUT2D eigenvalue weighted by Gasteiger charge is 2.10. The zero-order valence-electron chi connectivity index (χ0n) is 8.46. The van der Waals surface area contributed by atoms with E-state index in [1.165, 1.54) is 0 Å². The number of nitrogens with zero attached hydrogens (tertiary/aromatic N) is 2. The minimum atomic E-state index is -0.913. The van der Waals surface area contributed by atoms with Crippen molar-refractivity contribution >= 4 is 40.3 Å². The van der Waals surface area contributed by atoms with E-state index in [9.17, 15) is 4.79 Å². The molecular weight excluding hydrogens is 355 g/mol. The Bertz CT molecular complexity index is 544. The molecular formula is C10H7IN2O3S. The summed E-state index contributed by atoms with van der Waals surface area (Å²) in [4.78, 5) is 10.4. The van der Waals surface area contributed by atoms with Crippen LogP contribution in [0.25, 0.3) is 11.5 Å². The third kappa shape index (κ3) is 3.43. The molecule has 0 saturated heterocycles. The van der Waals surface area contributed by atoms with Crippen LogP contribution in [0.2, 0.25) is 0 Å². The molecule has 1 N–H and O–H groups in total. The molecule has 17 heavy (non-hydrogen) atoms. The van der Waals surface area contributed by atoms with Crippen molar-refractivity contribution in [1.29, 1.82) is 0 Å². The predicted molar refractivity (Wildman–Crippen MR) is 70.8 cm³/mol. The van der Waals surface area contributed by atoms with E-state index in [1.807, 2.05) is 24.3 Å². The summed E-state index contributed by atoms with van der Waals surface area (Å²) < 4.78 is 6.42. The van der Waals surface area contributed by atoms with Crippen molar-refractivity contribution in [2.45, 2.75) is 5.22 Å². The van der Waals surface area contributed by atoms with Gasteiger partial charge in [-0.15, -0.1) is 10.2 Å². The van der Waals surface area contributed by atoms with Crippen LogP contribution in [0.3, 0.4) is 0 Å². The number of benzene rings is 1. The SMILES string of the molecule is O=C(O)CSc1nnc(-c2cccc(I)c2)o1. The van der Waals surface area contributed by atoms with Crippen molar-refractivity contribution in [3.8, 4) is 11.5 Å². The molecule has 1 aromatic carbocycles. The molecule has 0 radical (unpaired) electrons. The molecule has 0 aliphatic heterocycles. The summed E-state index contributed by atoms with van der Waals surface area (Å²) in [6.07, 6.45) is 0. The average molecular weight is 362 g/mol. The van der Waals surface area contributed by atoms with Crippen LogP contribution in [0.5, 0.6) is 0 Å². The van der Waals surface area contributed by atoms with Crippen LogP contribution in [0.4, 0.5) is 0 Å². The summed E-state index contributed by atoms with van der Waals surface area (Å²) in [5, 5.41) is 16.4. The van der Waals surface area contributed by atoms with Gasteiger partial charge in [0, 0.05) is 9.13 Å². The van der Waals surface area contributed by atoms with Gasteiger partial charge in [-0.25, -0.2) is 0 Å². The Kier molecular flexibility index (Phi) is 4.00. The van der Waals surface area contributed by atoms with Crippen molar-refractivity contribution in [1.82, 2.24) is 10.2 Å². The number of rotatable bonds is 4. The van der Waals surface area contributed by atoms with Gasteiger partial charge in [-0.2, -0.15) is 0 Å². The fourth-order valence-corrected chi connectivity index (χ4v) is 2.16. The summed E-state index contributed by atoms with van der Waals surface area (Å²) in [7, 11) is 0. The van der Waals surface area contributed by atoms with Crippen LogP contribution in [0.1, 0.15) is 0 Å². The zero-order chi connectivity index (χ0) is 12.3. The van der Waals surface area contributed by atoms with Crippen molar-refractivity contribution in [2.24, 2.45) is 0 Å². The second-order valence-electron chi connectivity index (χ2n) is 3.07. The van der Waals surface area contributed by atoms with Crippen LogP contribution in [-0.2, 0) is 4.79 Å². The van der Waals surface area contributed by atoms with Gasteiger partial charge in [0.1, 0.15) is 5.75 Å². The van der Waals surface area contributed by atoms with Crippen molar-refractivity contribution < 1.29 is 14.3 Å². The van der Waals surface area contributed by atoms with E-state index in [1.54, 1.807) is 0 Å². The Hall–Kier alpha value is -1.09. The molecule has 2 aromatic rings. The van der Waals surface area contributed by atoms with Crippen LogP contribution in [0, 0.1) is 3.57 Å².